The van der Waals surface area contributed by atoms with Crippen LogP contribution in [0.1, 0.15) is 46.0 Å². The standard InChI is InChI=1S/C26H37N3O4/c1-25(2,29-10-8-28(9-11-29)20-6-4-5-7-21(20)33-3)23(30)27-22-18-12-17-13-19(22)16-26(14-17,15-18)24(31)32/h4-7,17-19,22H,8-16H2,1-3H3,(H,27,30)(H,31,32). The van der Waals surface area contributed by atoms with E-state index in [1.54, 1.807) is 7.11 Å². The first-order valence-corrected chi connectivity index (χ1v) is 12.4. The molecule has 1 aromatic rings. The van der Waals surface area contributed by atoms with Gasteiger partial charge in [-0.05, 0) is 75.8 Å². The quantitative estimate of drug-likeness (QED) is 0.686. The van der Waals surface area contributed by atoms with Gasteiger partial charge in [0.05, 0.1) is 23.8 Å². The molecule has 1 aromatic carbocycles. The van der Waals surface area contributed by atoms with Crippen molar-refractivity contribution in [1.29, 1.82) is 0 Å². The molecule has 5 aliphatic rings. The number of nitrogens with one attached hydrogen (secondary N) is 1. The van der Waals surface area contributed by atoms with Gasteiger partial charge in [0.2, 0.25) is 5.91 Å². The zero-order valence-electron chi connectivity index (χ0n) is 20.0. The van der Waals surface area contributed by atoms with Crippen LogP contribution < -0.4 is 15.0 Å². The highest BCUT2D eigenvalue weighted by atomic mass is 16.5. The number of carbonyl (C=O) groups is 2. The maximum atomic E-state index is 13.5. The SMILES string of the molecule is COc1ccccc1N1CCN(C(C)(C)C(=O)NC2C3CC4CC2CC(C(=O)O)(C4)C3)CC1. The number of anilines is 1. The first-order valence-electron chi connectivity index (χ1n) is 12.4. The highest BCUT2D eigenvalue weighted by Gasteiger charge is 2.59. The van der Waals surface area contributed by atoms with Crippen LogP contribution >= 0.6 is 0 Å². The van der Waals surface area contributed by atoms with Crippen molar-refractivity contribution in [3.8, 4) is 5.75 Å². The van der Waals surface area contributed by atoms with Crippen molar-refractivity contribution in [2.75, 3.05) is 38.2 Å². The van der Waals surface area contributed by atoms with Gasteiger partial charge in [0, 0.05) is 32.2 Å². The molecule has 4 saturated carbocycles. The molecule has 4 aliphatic carbocycles. The Morgan fingerprint density at radius 1 is 1.06 bits per heavy atom. The number of hydrogen-bond acceptors (Lipinski definition) is 5. The van der Waals surface area contributed by atoms with E-state index in [1.807, 2.05) is 32.0 Å². The van der Waals surface area contributed by atoms with Crippen LogP contribution in [0.2, 0.25) is 0 Å². The minimum absolute atomic E-state index is 0.0788. The number of methoxy groups -OCH3 is 1. The summed E-state index contributed by atoms with van der Waals surface area (Å²) in [5.41, 5.74) is -0.0449. The number of hydrogen-bond donors (Lipinski definition) is 2. The molecule has 180 valence electrons. The molecule has 1 aliphatic heterocycles. The number of amides is 1. The molecule has 6 rings (SSSR count). The van der Waals surface area contributed by atoms with E-state index in [0.717, 1.165) is 69.7 Å². The van der Waals surface area contributed by atoms with Crippen molar-refractivity contribution in [3.63, 3.8) is 0 Å². The van der Waals surface area contributed by atoms with Crippen LogP contribution in [-0.4, -0.2) is 66.8 Å². The Morgan fingerprint density at radius 3 is 2.30 bits per heavy atom. The Balaban J connectivity index is 1.22. The summed E-state index contributed by atoms with van der Waals surface area (Å²) in [6.45, 7) is 7.34. The molecule has 7 heteroatoms. The smallest absolute Gasteiger partial charge is 0.309 e. The highest BCUT2D eigenvalue weighted by molar-refractivity contribution is 5.86. The van der Waals surface area contributed by atoms with Crippen LogP contribution in [-0.2, 0) is 9.59 Å². The summed E-state index contributed by atoms with van der Waals surface area (Å²) in [4.78, 5) is 30.1. The van der Waals surface area contributed by atoms with Crippen molar-refractivity contribution >= 4 is 17.6 Å². The Labute approximate surface area is 196 Å². The lowest BCUT2D eigenvalue weighted by Gasteiger charge is -2.58. The molecule has 0 spiro atoms. The summed E-state index contributed by atoms with van der Waals surface area (Å²) in [5, 5.41) is 13.3. The maximum Gasteiger partial charge on any atom is 0.309 e. The van der Waals surface area contributed by atoms with Gasteiger partial charge in [-0.3, -0.25) is 14.5 Å². The number of nitrogens with zero attached hydrogens (tertiary/aromatic N) is 2. The molecule has 7 nitrogen and oxygen atoms in total. The Kier molecular flexibility index (Phi) is 5.58. The van der Waals surface area contributed by atoms with Gasteiger partial charge < -0.3 is 20.1 Å². The number of piperazine rings is 1. The highest BCUT2D eigenvalue weighted by Crippen LogP contribution is 2.60. The molecule has 2 N–H and O–H groups in total. The Morgan fingerprint density at radius 2 is 1.70 bits per heavy atom. The first-order chi connectivity index (χ1) is 15.7. The zero-order valence-corrected chi connectivity index (χ0v) is 20.0. The number of carboxylic acids is 1. The minimum Gasteiger partial charge on any atom is -0.495 e. The van der Waals surface area contributed by atoms with Gasteiger partial charge in [-0.15, -0.1) is 0 Å². The lowest BCUT2D eigenvalue weighted by Crippen LogP contribution is -2.66. The number of aliphatic carboxylic acids is 1. The Hall–Kier alpha value is -2.28. The van der Waals surface area contributed by atoms with Crippen LogP contribution in [0.15, 0.2) is 24.3 Å². The van der Waals surface area contributed by atoms with E-state index in [2.05, 4.69) is 21.2 Å². The number of carboxylic acid groups (broad SMARTS) is 1. The molecule has 33 heavy (non-hydrogen) atoms. The third-order valence-corrected chi connectivity index (χ3v) is 9.08. The second-order valence-corrected chi connectivity index (χ2v) is 11.3. The minimum atomic E-state index is -0.625. The van der Waals surface area contributed by atoms with E-state index in [0.29, 0.717) is 17.8 Å². The van der Waals surface area contributed by atoms with Gasteiger partial charge in [0.15, 0.2) is 0 Å². The normalized spacial score (nSPS) is 33.7. The summed E-state index contributed by atoms with van der Waals surface area (Å²) in [7, 11) is 1.70. The predicted octanol–water partition coefficient (Wildman–Crippen LogP) is 2.99. The average Bonchev–Trinajstić information content (AvgIpc) is 2.80. The van der Waals surface area contributed by atoms with Crippen LogP contribution in [0.5, 0.6) is 5.75 Å². The van der Waals surface area contributed by atoms with Gasteiger partial charge in [-0.25, -0.2) is 0 Å². The lowest BCUT2D eigenvalue weighted by atomic mass is 9.48. The molecule has 5 fully saturated rings. The Bertz CT molecular complexity index is 908. The summed E-state index contributed by atoms with van der Waals surface area (Å²) in [6, 6.07) is 8.20. The third kappa shape index (κ3) is 3.78. The molecular weight excluding hydrogens is 418 g/mol. The summed E-state index contributed by atoms with van der Waals surface area (Å²) < 4.78 is 5.53. The zero-order chi connectivity index (χ0) is 23.4. The van der Waals surface area contributed by atoms with E-state index < -0.39 is 16.9 Å². The first kappa shape index (κ1) is 22.5. The summed E-state index contributed by atoms with van der Waals surface area (Å²) >= 11 is 0. The van der Waals surface area contributed by atoms with Gasteiger partial charge >= 0.3 is 5.97 Å². The number of ether oxygens (including phenoxy) is 1. The molecule has 2 unspecified atom stereocenters. The van der Waals surface area contributed by atoms with Gasteiger partial charge in [-0.1, -0.05) is 12.1 Å². The van der Waals surface area contributed by atoms with Crippen molar-refractivity contribution in [3.05, 3.63) is 24.3 Å². The molecular formula is C26H37N3O4. The second-order valence-electron chi connectivity index (χ2n) is 11.3. The van der Waals surface area contributed by atoms with Crippen molar-refractivity contribution < 1.29 is 19.4 Å². The van der Waals surface area contributed by atoms with Gasteiger partial charge in [0.1, 0.15) is 5.75 Å². The average molecular weight is 456 g/mol. The number of para-hydroxylation sites is 2. The number of benzene rings is 1. The van der Waals surface area contributed by atoms with Crippen molar-refractivity contribution in [2.24, 2.45) is 23.2 Å². The maximum absolute atomic E-state index is 13.5. The van der Waals surface area contributed by atoms with Crippen LogP contribution in [0.25, 0.3) is 0 Å². The fourth-order valence-electron chi connectivity index (χ4n) is 7.39. The fourth-order valence-corrected chi connectivity index (χ4v) is 7.39. The fraction of sp³-hybridized carbons (Fsp3) is 0.692. The van der Waals surface area contributed by atoms with Crippen LogP contribution in [0.3, 0.4) is 0 Å². The molecule has 0 radical (unpaired) electrons. The largest absolute Gasteiger partial charge is 0.495 e. The summed E-state index contributed by atoms with van der Waals surface area (Å²) in [6.07, 6.45) is 4.40. The monoisotopic (exact) mass is 455 g/mol. The lowest BCUT2D eigenvalue weighted by molar-refractivity contribution is -0.168. The molecule has 1 amide bonds. The second kappa shape index (κ2) is 8.19. The van der Waals surface area contributed by atoms with E-state index in [9.17, 15) is 14.7 Å². The molecule has 0 aromatic heterocycles. The summed E-state index contributed by atoms with van der Waals surface area (Å²) in [5.74, 6) is 1.45. The van der Waals surface area contributed by atoms with E-state index in [4.69, 9.17) is 4.74 Å². The third-order valence-electron chi connectivity index (χ3n) is 9.08. The van der Waals surface area contributed by atoms with E-state index in [1.165, 1.54) is 0 Å². The van der Waals surface area contributed by atoms with Gasteiger partial charge in [0.25, 0.3) is 0 Å². The molecule has 1 saturated heterocycles. The van der Waals surface area contributed by atoms with Crippen LogP contribution in [0, 0.1) is 23.2 Å². The van der Waals surface area contributed by atoms with Crippen molar-refractivity contribution in [1.82, 2.24) is 10.2 Å². The molecule has 1 heterocycles. The number of carbonyl (C=O) groups excluding carboxylic acids is 1. The van der Waals surface area contributed by atoms with Crippen molar-refractivity contribution in [2.45, 2.75) is 57.5 Å². The van der Waals surface area contributed by atoms with Gasteiger partial charge in [-0.2, -0.15) is 0 Å². The molecule has 2 atom stereocenters. The van der Waals surface area contributed by atoms with E-state index >= 15 is 0 Å². The topological polar surface area (TPSA) is 82.1 Å². The predicted molar refractivity (Wildman–Crippen MR) is 126 cm³/mol. The number of rotatable bonds is 6. The molecule has 4 bridgehead atoms. The van der Waals surface area contributed by atoms with E-state index in [-0.39, 0.29) is 11.9 Å². The van der Waals surface area contributed by atoms with Crippen LogP contribution in [0.4, 0.5) is 5.69 Å².